The van der Waals surface area contributed by atoms with E-state index in [1.807, 2.05) is 30.4 Å². The number of aliphatic imine (C=N–C) groups is 1. The molecule has 64 valence electrons. The van der Waals surface area contributed by atoms with E-state index in [0.29, 0.717) is 11.1 Å². The molecular weight excluding hydrogens is 176 g/mol. The van der Waals surface area contributed by atoms with Crippen LogP contribution < -0.4 is 5.73 Å². The highest BCUT2D eigenvalue weighted by atomic mass is 32.2. The molecule has 0 aromatic rings. The van der Waals surface area contributed by atoms with Crippen molar-refractivity contribution in [2.45, 2.75) is 12.2 Å². The summed E-state index contributed by atoms with van der Waals surface area (Å²) >= 11 is 4.05. The first-order valence-corrected chi connectivity index (χ1v) is 5.95. The topological polar surface area (TPSA) is 38.4 Å². The average Bonchev–Trinajstić information content (AvgIpc) is 2.03. The van der Waals surface area contributed by atoms with Gasteiger partial charge < -0.3 is 5.73 Å². The molecule has 0 radical (unpaired) electrons. The summed E-state index contributed by atoms with van der Waals surface area (Å²) in [6.07, 6.45) is 0. The van der Waals surface area contributed by atoms with Crippen LogP contribution in [0, 0.1) is 0 Å². The first kappa shape index (κ1) is 9.26. The molecule has 1 fully saturated rings. The van der Waals surface area contributed by atoms with Gasteiger partial charge in [0, 0.05) is 22.5 Å². The Balaban J connectivity index is 2.19. The van der Waals surface area contributed by atoms with Gasteiger partial charge >= 0.3 is 0 Å². The molecule has 11 heavy (non-hydrogen) atoms. The first-order valence-electron chi connectivity index (χ1n) is 3.75. The quantitative estimate of drug-likeness (QED) is 0.525. The number of nitrogens with two attached hydrogens (primary N) is 1. The lowest BCUT2D eigenvalue weighted by Gasteiger charge is -2.18. The van der Waals surface area contributed by atoms with Gasteiger partial charge in [-0.3, -0.25) is 4.99 Å². The largest absolute Gasteiger partial charge is 0.388 e. The van der Waals surface area contributed by atoms with Crippen LogP contribution in [0.1, 0.15) is 6.92 Å². The molecule has 1 rings (SSSR count). The molecule has 0 aliphatic carbocycles. The van der Waals surface area contributed by atoms with Gasteiger partial charge in [0.2, 0.25) is 0 Å². The maximum atomic E-state index is 5.44. The molecule has 0 aromatic carbocycles. The first-order chi connectivity index (χ1) is 5.29. The molecule has 2 N–H and O–H groups in total. The second kappa shape index (κ2) is 4.93. The van der Waals surface area contributed by atoms with Crippen LogP contribution in [0.25, 0.3) is 0 Å². The van der Waals surface area contributed by atoms with Gasteiger partial charge in [-0.1, -0.05) is 0 Å². The molecule has 1 heterocycles. The number of hydrogen-bond donors (Lipinski definition) is 1. The van der Waals surface area contributed by atoms with E-state index < -0.39 is 0 Å². The zero-order chi connectivity index (χ0) is 8.10. The summed E-state index contributed by atoms with van der Waals surface area (Å²) in [7, 11) is 0. The van der Waals surface area contributed by atoms with E-state index in [-0.39, 0.29) is 0 Å². The van der Waals surface area contributed by atoms with E-state index in [4.69, 9.17) is 5.73 Å². The molecule has 4 heteroatoms. The molecule has 0 spiro atoms. The second-order valence-electron chi connectivity index (χ2n) is 2.55. The molecule has 0 aromatic heterocycles. The number of nitrogens with zero attached hydrogens (tertiary/aromatic N) is 1. The Bertz CT molecular complexity index is 137. The van der Waals surface area contributed by atoms with Crippen molar-refractivity contribution in [1.82, 2.24) is 0 Å². The Kier molecular flexibility index (Phi) is 4.15. The highest BCUT2D eigenvalue weighted by Gasteiger charge is 2.12. The van der Waals surface area contributed by atoms with Gasteiger partial charge in [-0.15, -0.1) is 0 Å². The minimum atomic E-state index is 0.701. The van der Waals surface area contributed by atoms with Crippen molar-refractivity contribution in [1.29, 1.82) is 0 Å². The Hall–Kier alpha value is 0.170. The van der Waals surface area contributed by atoms with E-state index >= 15 is 0 Å². The van der Waals surface area contributed by atoms with E-state index in [1.54, 1.807) is 0 Å². The van der Waals surface area contributed by atoms with Crippen LogP contribution in [0.5, 0.6) is 0 Å². The van der Waals surface area contributed by atoms with Crippen molar-refractivity contribution in [3.05, 3.63) is 0 Å². The van der Waals surface area contributed by atoms with Gasteiger partial charge in [-0.25, -0.2) is 0 Å². The van der Waals surface area contributed by atoms with Gasteiger partial charge in [-0.05, 0) is 6.92 Å². The summed E-state index contributed by atoms with van der Waals surface area (Å²) in [4.78, 5) is 4.21. The summed E-state index contributed by atoms with van der Waals surface area (Å²) in [6.45, 7) is 2.75. The SMILES string of the molecule is CC(N)=NCC1CSCCS1. The van der Waals surface area contributed by atoms with Crippen molar-refractivity contribution in [2.24, 2.45) is 10.7 Å². The zero-order valence-electron chi connectivity index (χ0n) is 6.75. The van der Waals surface area contributed by atoms with Gasteiger partial charge in [0.15, 0.2) is 0 Å². The van der Waals surface area contributed by atoms with Crippen molar-refractivity contribution >= 4 is 29.4 Å². The van der Waals surface area contributed by atoms with E-state index in [9.17, 15) is 0 Å². The minimum absolute atomic E-state index is 0.701. The zero-order valence-corrected chi connectivity index (χ0v) is 8.38. The summed E-state index contributed by atoms with van der Waals surface area (Å²) in [6, 6.07) is 0. The monoisotopic (exact) mass is 190 g/mol. The molecule has 1 saturated heterocycles. The van der Waals surface area contributed by atoms with Crippen LogP contribution in [-0.4, -0.2) is 34.9 Å². The Morgan fingerprint density at radius 2 is 2.45 bits per heavy atom. The standard InChI is InChI=1S/C7H14N2S2/c1-6(8)9-4-7-5-10-2-3-11-7/h7H,2-5H2,1H3,(H2,8,9). The van der Waals surface area contributed by atoms with E-state index in [1.165, 1.54) is 17.3 Å². The van der Waals surface area contributed by atoms with Crippen molar-refractivity contribution < 1.29 is 0 Å². The lowest BCUT2D eigenvalue weighted by Crippen LogP contribution is -2.19. The highest BCUT2D eigenvalue weighted by Crippen LogP contribution is 2.23. The third-order valence-electron chi connectivity index (χ3n) is 1.43. The van der Waals surface area contributed by atoms with Gasteiger partial charge in [0.05, 0.1) is 12.4 Å². The van der Waals surface area contributed by atoms with Crippen LogP contribution in [0.15, 0.2) is 4.99 Å². The molecule has 1 unspecified atom stereocenters. The van der Waals surface area contributed by atoms with Crippen molar-refractivity contribution in [2.75, 3.05) is 23.8 Å². The molecular formula is C7H14N2S2. The average molecular weight is 190 g/mol. The molecule has 0 bridgehead atoms. The molecule has 1 aliphatic rings. The third-order valence-corrected chi connectivity index (χ3v) is 4.26. The minimum Gasteiger partial charge on any atom is -0.388 e. The summed E-state index contributed by atoms with van der Waals surface area (Å²) < 4.78 is 0. The fourth-order valence-corrected chi connectivity index (χ4v) is 3.47. The molecule has 2 nitrogen and oxygen atoms in total. The van der Waals surface area contributed by atoms with Crippen LogP contribution in [0.3, 0.4) is 0 Å². The molecule has 1 aliphatic heterocycles. The maximum absolute atomic E-state index is 5.44. The fourth-order valence-electron chi connectivity index (χ4n) is 0.888. The van der Waals surface area contributed by atoms with Crippen LogP contribution in [0.2, 0.25) is 0 Å². The Labute approximate surface area is 76.4 Å². The lowest BCUT2D eigenvalue weighted by atomic mass is 10.5. The predicted octanol–water partition coefficient (Wildman–Crippen LogP) is 1.21. The Morgan fingerprint density at radius 3 is 3.00 bits per heavy atom. The number of rotatable bonds is 2. The van der Waals surface area contributed by atoms with Gasteiger partial charge in [-0.2, -0.15) is 23.5 Å². The smallest absolute Gasteiger partial charge is 0.0906 e. The maximum Gasteiger partial charge on any atom is 0.0906 e. The van der Waals surface area contributed by atoms with Gasteiger partial charge in [0.1, 0.15) is 0 Å². The van der Waals surface area contributed by atoms with E-state index in [2.05, 4.69) is 4.99 Å². The van der Waals surface area contributed by atoms with Crippen LogP contribution >= 0.6 is 23.5 Å². The highest BCUT2D eigenvalue weighted by molar-refractivity contribution is 8.06. The number of thioether (sulfide) groups is 2. The second-order valence-corrected chi connectivity index (χ2v) is 5.11. The third kappa shape index (κ3) is 3.91. The molecule has 0 amide bonds. The molecule has 1 atom stereocenters. The van der Waals surface area contributed by atoms with Crippen LogP contribution in [0.4, 0.5) is 0 Å². The lowest BCUT2D eigenvalue weighted by molar-refractivity contribution is 0.953. The van der Waals surface area contributed by atoms with Crippen molar-refractivity contribution in [3.8, 4) is 0 Å². The summed E-state index contributed by atoms with van der Waals surface area (Å²) in [5, 5.41) is 0.701. The Morgan fingerprint density at radius 1 is 1.64 bits per heavy atom. The fraction of sp³-hybridized carbons (Fsp3) is 0.857. The van der Waals surface area contributed by atoms with Crippen molar-refractivity contribution in [3.63, 3.8) is 0 Å². The summed E-state index contributed by atoms with van der Waals surface area (Å²) in [5.41, 5.74) is 5.44. The number of amidine groups is 1. The normalized spacial score (nSPS) is 27.0. The molecule has 0 saturated carbocycles. The van der Waals surface area contributed by atoms with E-state index in [0.717, 1.165) is 6.54 Å². The summed E-state index contributed by atoms with van der Waals surface area (Å²) in [5.74, 6) is 4.52. The number of hydrogen-bond acceptors (Lipinski definition) is 3. The predicted molar refractivity (Wildman–Crippen MR) is 55.7 cm³/mol. The van der Waals surface area contributed by atoms with Crippen LogP contribution in [-0.2, 0) is 0 Å². The van der Waals surface area contributed by atoms with Gasteiger partial charge in [0.25, 0.3) is 0 Å².